The lowest BCUT2D eigenvalue weighted by Crippen LogP contribution is -2.24. The van der Waals surface area contributed by atoms with Gasteiger partial charge < -0.3 is 10.2 Å². The van der Waals surface area contributed by atoms with Crippen molar-refractivity contribution in [3.8, 4) is 0 Å². The minimum atomic E-state index is 0.0607. The van der Waals surface area contributed by atoms with Crippen LogP contribution >= 0.6 is 23.4 Å². The number of hydrogen-bond donors (Lipinski definition) is 1. The maximum absolute atomic E-state index is 12.0. The van der Waals surface area contributed by atoms with Gasteiger partial charge in [-0.15, -0.1) is 11.8 Å². The zero-order chi connectivity index (χ0) is 19.1. The van der Waals surface area contributed by atoms with Crippen molar-refractivity contribution in [1.29, 1.82) is 0 Å². The Hall–Kier alpha value is -1.98. The van der Waals surface area contributed by atoms with Crippen molar-refractivity contribution in [2.24, 2.45) is 0 Å². The van der Waals surface area contributed by atoms with Crippen LogP contribution in [-0.4, -0.2) is 24.1 Å². The molecule has 2 amide bonds. The Labute approximate surface area is 169 Å². The van der Waals surface area contributed by atoms with Gasteiger partial charge in [-0.25, -0.2) is 0 Å². The number of hydrogen-bond acceptors (Lipinski definition) is 3. The highest BCUT2D eigenvalue weighted by atomic mass is 35.5. The summed E-state index contributed by atoms with van der Waals surface area (Å²) in [4.78, 5) is 26.8. The number of anilines is 1. The summed E-state index contributed by atoms with van der Waals surface area (Å²) in [6, 6.07) is 15.6. The Morgan fingerprint density at radius 3 is 2.52 bits per heavy atom. The van der Waals surface area contributed by atoms with Crippen LogP contribution in [0.2, 0.25) is 5.02 Å². The van der Waals surface area contributed by atoms with Gasteiger partial charge in [-0.2, -0.15) is 0 Å². The molecule has 3 rings (SSSR count). The van der Waals surface area contributed by atoms with Crippen LogP contribution in [0.15, 0.2) is 53.4 Å². The molecule has 2 aromatic carbocycles. The fourth-order valence-corrected chi connectivity index (χ4v) is 3.94. The maximum Gasteiger partial charge on any atom is 0.227 e. The minimum absolute atomic E-state index is 0.0607. The Morgan fingerprint density at radius 1 is 1.11 bits per heavy atom. The lowest BCUT2D eigenvalue weighted by Gasteiger charge is -2.16. The number of rotatable bonds is 8. The lowest BCUT2D eigenvalue weighted by molar-refractivity contribution is -0.121. The van der Waals surface area contributed by atoms with Gasteiger partial charge in [-0.05, 0) is 60.6 Å². The number of carbonyl (C=O) groups excluding carboxylic acids is 2. The number of carbonyl (C=O) groups is 2. The Balaban J connectivity index is 1.35. The first-order valence-electron chi connectivity index (χ1n) is 9.16. The maximum atomic E-state index is 12.0. The van der Waals surface area contributed by atoms with Crippen molar-refractivity contribution in [2.75, 3.05) is 17.2 Å². The lowest BCUT2D eigenvalue weighted by atomic mass is 10.2. The highest BCUT2D eigenvalue weighted by Gasteiger charge is 2.21. The zero-order valence-electron chi connectivity index (χ0n) is 15.1. The molecule has 1 heterocycles. The summed E-state index contributed by atoms with van der Waals surface area (Å²) in [5.41, 5.74) is 1.97. The van der Waals surface area contributed by atoms with E-state index < -0.39 is 0 Å². The second kappa shape index (κ2) is 9.81. The third-order valence-electron chi connectivity index (χ3n) is 4.44. The highest BCUT2D eigenvalue weighted by Crippen LogP contribution is 2.22. The average molecular weight is 403 g/mol. The summed E-state index contributed by atoms with van der Waals surface area (Å²) in [6.45, 7) is 1.31. The second-order valence-electron chi connectivity index (χ2n) is 6.50. The first-order valence-corrected chi connectivity index (χ1v) is 10.5. The van der Waals surface area contributed by atoms with Gasteiger partial charge in [0.2, 0.25) is 11.8 Å². The van der Waals surface area contributed by atoms with Crippen LogP contribution in [-0.2, 0) is 16.1 Å². The number of benzene rings is 2. The van der Waals surface area contributed by atoms with E-state index in [4.69, 9.17) is 11.6 Å². The molecule has 0 aliphatic carbocycles. The monoisotopic (exact) mass is 402 g/mol. The van der Waals surface area contributed by atoms with Gasteiger partial charge in [0.1, 0.15) is 0 Å². The number of thioether (sulfide) groups is 1. The Kier molecular flexibility index (Phi) is 7.18. The van der Waals surface area contributed by atoms with Crippen molar-refractivity contribution < 1.29 is 9.59 Å². The summed E-state index contributed by atoms with van der Waals surface area (Å²) < 4.78 is 0. The summed E-state index contributed by atoms with van der Waals surface area (Å²) in [5, 5.41) is 3.69. The van der Waals surface area contributed by atoms with E-state index in [-0.39, 0.29) is 11.8 Å². The minimum Gasteiger partial charge on any atom is -0.352 e. The molecule has 27 heavy (non-hydrogen) atoms. The van der Waals surface area contributed by atoms with E-state index in [9.17, 15) is 9.59 Å². The second-order valence-corrected chi connectivity index (χ2v) is 8.10. The molecule has 0 spiro atoms. The van der Waals surface area contributed by atoms with Gasteiger partial charge in [0.15, 0.2) is 0 Å². The van der Waals surface area contributed by atoms with Crippen LogP contribution < -0.4 is 10.2 Å². The molecule has 0 bridgehead atoms. The van der Waals surface area contributed by atoms with E-state index in [2.05, 4.69) is 5.32 Å². The average Bonchev–Trinajstić information content (AvgIpc) is 3.11. The first-order chi connectivity index (χ1) is 13.1. The standard InChI is InChI=1S/C21H23ClN2O2S/c22-17-7-11-19(12-8-17)27-14-2-3-20(25)23-15-16-5-9-18(10-6-16)24-13-1-4-21(24)26/h5-12H,1-4,13-15H2,(H,23,25). The fraction of sp³-hybridized carbons (Fsp3) is 0.333. The molecule has 1 aliphatic rings. The molecular weight excluding hydrogens is 380 g/mol. The third kappa shape index (κ3) is 6.01. The van der Waals surface area contributed by atoms with E-state index in [1.807, 2.05) is 53.4 Å². The summed E-state index contributed by atoms with van der Waals surface area (Å²) in [7, 11) is 0. The number of nitrogens with one attached hydrogen (secondary N) is 1. The highest BCUT2D eigenvalue weighted by molar-refractivity contribution is 7.99. The number of halogens is 1. The van der Waals surface area contributed by atoms with Gasteiger partial charge in [0.05, 0.1) is 0 Å². The van der Waals surface area contributed by atoms with Crippen LogP contribution in [0.3, 0.4) is 0 Å². The smallest absolute Gasteiger partial charge is 0.227 e. The molecule has 4 nitrogen and oxygen atoms in total. The van der Waals surface area contributed by atoms with Crippen LogP contribution in [0.4, 0.5) is 5.69 Å². The van der Waals surface area contributed by atoms with E-state index in [0.29, 0.717) is 19.4 Å². The molecular formula is C21H23ClN2O2S. The van der Waals surface area contributed by atoms with Crippen LogP contribution in [0.1, 0.15) is 31.2 Å². The van der Waals surface area contributed by atoms with Gasteiger partial charge in [0.25, 0.3) is 0 Å². The van der Waals surface area contributed by atoms with Gasteiger partial charge in [0, 0.05) is 41.5 Å². The number of nitrogens with zero attached hydrogens (tertiary/aromatic N) is 1. The molecule has 0 radical (unpaired) electrons. The molecule has 1 N–H and O–H groups in total. The molecule has 6 heteroatoms. The van der Waals surface area contributed by atoms with Crippen LogP contribution in [0.5, 0.6) is 0 Å². The Morgan fingerprint density at radius 2 is 1.85 bits per heavy atom. The fourth-order valence-electron chi connectivity index (χ4n) is 2.96. The molecule has 0 unspecified atom stereocenters. The van der Waals surface area contributed by atoms with E-state index in [1.165, 1.54) is 0 Å². The van der Waals surface area contributed by atoms with Crippen LogP contribution in [0.25, 0.3) is 0 Å². The van der Waals surface area contributed by atoms with E-state index in [0.717, 1.165) is 46.3 Å². The Bertz CT molecular complexity index is 778. The molecule has 2 aromatic rings. The van der Waals surface area contributed by atoms with Crippen LogP contribution in [0, 0.1) is 0 Å². The summed E-state index contributed by atoms with van der Waals surface area (Å²) in [5.74, 6) is 1.14. The third-order valence-corrected chi connectivity index (χ3v) is 5.79. The molecule has 0 atom stereocenters. The van der Waals surface area contributed by atoms with Gasteiger partial charge >= 0.3 is 0 Å². The van der Waals surface area contributed by atoms with Crippen molar-refractivity contribution in [2.45, 2.75) is 37.1 Å². The van der Waals surface area contributed by atoms with Gasteiger partial charge in [-0.3, -0.25) is 9.59 Å². The predicted molar refractivity (Wildman–Crippen MR) is 111 cm³/mol. The van der Waals surface area contributed by atoms with Crippen molar-refractivity contribution in [1.82, 2.24) is 5.32 Å². The molecule has 1 fully saturated rings. The van der Waals surface area contributed by atoms with E-state index in [1.54, 1.807) is 11.8 Å². The first kappa shape index (κ1) is 19.8. The largest absolute Gasteiger partial charge is 0.352 e. The summed E-state index contributed by atoms with van der Waals surface area (Å²) >= 11 is 7.60. The van der Waals surface area contributed by atoms with Crippen molar-refractivity contribution >= 4 is 40.9 Å². The zero-order valence-corrected chi connectivity index (χ0v) is 16.7. The molecule has 1 saturated heterocycles. The SMILES string of the molecule is O=C(CCCSc1ccc(Cl)cc1)NCc1ccc(N2CCCC2=O)cc1. The molecule has 0 saturated carbocycles. The topological polar surface area (TPSA) is 49.4 Å². The number of amides is 2. The molecule has 1 aliphatic heterocycles. The predicted octanol–water partition coefficient (Wildman–Crippen LogP) is 4.66. The molecule has 142 valence electrons. The normalized spacial score (nSPS) is 13.8. The van der Waals surface area contributed by atoms with Crippen molar-refractivity contribution in [3.05, 3.63) is 59.1 Å². The van der Waals surface area contributed by atoms with Crippen molar-refractivity contribution in [3.63, 3.8) is 0 Å². The summed E-state index contributed by atoms with van der Waals surface area (Å²) in [6.07, 6.45) is 2.90. The molecule has 0 aromatic heterocycles. The van der Waals surface area contributed by atoms with E-state index >= 15 is 0 Å². The quantitative estimate of drug-likeness (QED) is 0.516. The van der Waals surface area contributed by atoms with Gasteiger partial charge in [-0.1, -0.05) is 23.7 Å².